The van der Waals surface area contributed by atoms with Gasteiger partial charge in [-0.3, -0.25) is 14.7 Å². The normalized spacial score (nSPS) is 16.0. The maximum atomic E-state index is 12.9. The Bertz CT molecular complexity index is 1950. The number of nitrogens with one attached hydrogen (secondary N) is 1. The average Bonchev–Trinajstić information content (AvgIpc) is 3.77. The molecular formula is C34H38N6O5S. The number of aromatic nitrogens is 3. The summed E-state index contributed by atoms with van der Waals surface area (Å²) in [5.74, 6) is 0.442. The van der Waals surface area contributed by atoms with Crippen LogP contribution in [0.25, 0.3) is 22.3 Å². The van der Waals surface area contributed by atoms with Gasteiger partial charge in [-0.2, -0.15) is 0 Å². The number of fused-ring (bicyclic) bond motifs is 1. The van der Waals surface area contributed by atoms with Crippen molar-refractivity contribution < 1.29 is 22.7 Å². The van der Waals surface area contributed by atoms with Gasteiger partial charge < -0.3 is 15.0 Å². The Morgan fingerprint density at radius 3 is 2.48 bits per heavy atom. The zero-order valence-electron chi connectivity index (χ0n) is 26.7. The molecule has 3 aromatic heterocycles. The zero-order chi connectivity index (χ0) is 32.9. The SMILES string of the molecule is Cc1ccc(C(=O)NCc2cc3nc(-c4cccc(N5CCN(C(=O)OC(C)(C)C)C6(CC6)C5)n4)ccc3cn2)cc1S(C)(=O)=O. The molecule has 1 aliphatic heterocycles. The summed E-state index contributed by atoms with van der Waals surface area (Å²) < 4.78 is 29.9. The first kappa shape index (κ1) is 31.4. The fraction of sp³-hybridized carbons (Fsp3) is 0.382. The van der Waals surface area contributed by atoms with Crippen LogP contribution in [0, 0.1) is 6.92 Å². The van der Waals surface area contributed by atoms with Crippen LogP contribution in [0.5, 0.6) is 0 Å². The van der Waals surface area contributed by atoms with Crippen molar-refractivity contribution in [3.8, 4) is 11.4 Å². The van der Waals surface area contributed by atoms with Gasteiger partial charge in [0.25, 0.3) is 5.91 Å². The lowest BCUT2D eigenvalue weighted by atomic mass is 10.1. The summed E-state index contributed by atoms with van der Waals surface area (Å²) >= 11 is 0. The van der Waals surface area contributed by atoms with Gasteiger partial charge in [-0.15, -0.1) is 0 Å². The lowest BCUT2D eigenvalue weighted by Gasteiger charge is -2.42. The van der Waals surface area contributed by atoms with Gasteiger partial charge in [0.1, 0.15) is 11.4 Å². The number of ether oxygens (including phenoxy) is 1. The van der Waals surface area contributed by atoms with E-state index in [0.717, 1.165) is 36.0 Å². The molecule has 6 rings (SSSR count). The zero-order valence-corrected chi connectivity index (χ0v) is 27.5. The molecule has 0 bridgehead atoms. The minimum atomic E-state index is -3.46. The molecule has 1 saturated carbocycles. The Hall–Kier alpha value is -4.58. The van der Waals surface area contributed by atoms with Crippen molar-refractivity contribution in [3.05, 3.63) is 77.6 Å². The number of carbonyl (C=O) groups is 2. The molecule has 240 valence electrons. The van der Waals surface area contributed by atoms with Crippen LogP contribution in [0.15, 0.2) is 65.7 Å². The second-order valence-corrected chi connectivity index (χ2v) is 15.1. The number of aryl methyl sites for hydroxylation is 1. The minimum Gasteiger partial charge on any atom is -0.444 e. The Labute approximate surface area is 268 Å². The summed E-state index contributed by atoms with van der Waals surface area (Å²) in [6.07, 6.45) is 4.47. The van der Waals surface area contributed by atoms with Crippen molar-refractivity contribution in [3.63, 3.8) is 0 Å². The third-order valence-electron chi connectivity index (χ3n) is 8.32. The van der Waals surface area contributed by atoms with E-state index in [1.807, 2.05) is 62.1 Å². The van der Waals surface area contributed by atoms with Gasteiger partial charge in [-0.25, -0.2) is 23.2 Å². The number of sulfone groups is 1. The second-order valence-electron chi connectivity index (χ2n) is 13.2. The first-order valence-corrected chi connectivity index (χ1v) is 17.2. The van der Waals surface area contributed by atoms with Crippen molar-refractivity contribution in [2.75, 3.05) is 30.8 Å². The molecule has 1 saturated heterocycles. The highest BCUT2D eigenvalue weighted by Gasteiger charge is 2.54. The van der Waals surface area contributed by atoms with Crippen LogP contribution in [0.2, 0.25) is 0 Å². The number of hydrogen-bond acceptors (Lipinski definition) is 9. The van der Waals surface area contributed by atoms with E-state index >= 15 is 0 Å². The summed E-state index contributed by atoms with van der Waals surface area (Å²) in [7, 11) is -3.46. The van der Waals surface area contributed by atoms with Crippen molar-refractivity contribution in [1.29, 1.82) is 0 Å². The second kappa shape index (κ2) is 11.7. The molecule has 1 spiro atoms. The summed E-state index contributed by atoms with van der Waals surface area (Å²) in [5.41, 5.74) is 2.85. The molecule has 1 N–H and O–H groups in total. The Morgan fingerprint density at radius 2 is 1.76 bits per heavy atom. The minimum absolute atomic E-state index is 0.133. The van der Waals surface area contributed by atoms with E-state index in [4.69, 9.17) is 14.7 Å². The van der Waals surface area contributed by atoms with Crippen LogP contribution in [0.4, 0.5) is 10.6 Å². The maximum Gasteiger partial charge on any atom is 0.410 e. The molecule has 12 heteroatoms. The van der Waals surface area contributed by atoms with Crippen LogP contribution in [0.1, 0.15) is 55.2 Å². The summed E-state index contributed by atoms with van der Waals surface area (Å²) in [6.45, 7) is 9.43. The van der Waals surface area contributed by atoms with E-state index < -0.39 is 21.3 Å². The van der Waals surface area contributed by atoms with Gasteiger partial charge in [0, 0.05) is 43.0 Å². The van der Waals surface area contributed by atoms with E-state index in [9.17, 15) is 18.0 Å². The first-order chi connectivity index (χ1) is 21.7. The lowest BCUT2D eigenvalue weighted by molar-refractivity contribution is 0.0106. The van der Waals surface area contributed by atoms with Gasteiger partial charge >= 0.3 is 6.09 Å². The van der Waals surface area contributed by atoms with Crippen LogP contribution in [-0.4, -0.2) is 77.3 Å². The molecule has 11 nitrogen and oxygen atoms in total. The predicted octanol–water partition coefficient (Wildman–Crippen LogP) is 4.92. The fourth-order valence-electron chi connectivity index (χ4n) is 5.80. The number of pyridine rings is 3. The number of anilines is 1. The highest BCUT2D eigenvalue weighted by atomic mass is 32.2. The van der Waals surface area contributed by atoms with E-state index in [1.165, 1.54) is 6.07 Å². The Balaban J connectivity index is 1.16. The Kier molecular flexibility index (Phi) is 7.95. The molecule has 4 heterocycles. The van der Waals surface area contributed by atoms with Crippen molar-refractivity contribution in [2.45, 2.75) is 63.1 Å². The average molecular weight is 643 g/mol. The van der Waals surface area contributed by atoms with Crippen molar-refractivity contribution >= 4 is 38.6 Å². The maximum absolute atomic E-state index is 12.9. The number of amides is 2. The molecule has 4 aromatic rings. The molecule has 2 amide bonds. The molecule has 46 heavy (non-hydrogen) atoms. The molecule has 0 unspecified atom stereocenters. The van der Waals surface area contributed by atoms with Crippen molar-refractivity contribution in [1.82, 2.24) is 25.2 Å². The third-order valence-corrected chi connectivity index (χ3v) is 9.56. The molecular weight excluding hydrogens is 604 g/mol. The van der Waals surface area contributed by atoms with Crippen LogP contribution < -0.4 is 10.2 Å². The number of hydrogen-bond donors (Lipinski definition) is 1. The van der Waals surface area contributed by atoms with Crippen LogP contribution in [-0.2, 0) is 21.1 Å². The van der Waals surface area contributed by atoms with Gasteiger partial charge in [-0.05, 0) is 88.6 Å². The third kappa shape index (κ3) is 6.67. The number of carbonyl (C=O) groups excluding carboxylic acids is 2. The van der Waals surface area contributed by atoms with Gasteiger partial charge in [0.2, 0.25) is 0 Å². The van der Waals surface area contributed by atoms with E-state index in [2.05, 4.69) is 15.2 Å². The molecule has 0 atom stereocenters. The quantitative estimate of drug-likeness (QED) is 0.311. The summed E-state index contributed by atoms with van der Waals surface area (Å²) in [5, 5.41) is 3.67. The summed E-state index contributed by atoms with van der Waals surface area (Å²) in [4.78, 5) is 44.3. The highest BCUT2D eigenvalue weighted by Crippen LogP contribution is 2.45. The number of rotatable bonds is 6. The largest absolute Gasteiger partial charge is 0.444 e. The number of nitrogens with zero attached hydrogens (tertiary/aromatic N) is 5. The van der Waals surface area contributed by atoms with Crippen LogP contribution >= 0.6 is 0 Å². The topological polar surface area (TPSA) is 135 Å². The van der Waals surface area contributed by atoms with Gasteiger partial charge in [-0.1, -0.05) is 12.1 Å². The fourth-order valence-corrected chi connectivity index (χ4v) is 6.79. The molecule has 1 aromatic carbocycles. The van der Waals surface area contributed by atoms with Gasteiger partial charge in [0.15, 0.2) is 9.84 Å². The van der Waals surface area contributed by atoms with Crippen LogP contribution in [0.3, 0.4) is 0 Å². The standard InChI is InChI=1S/C34H38N6O5S/c1-22-9-10-23(17-29(22)46(5,43)44)31(41)36-20-25-18-28-24(19-35-25)11-12-27(37-28)26-7-6-8-30(38-26)39-15-16-40(34(21-39)13-14-34)32(42)45-33(2,3)4/h6-12,17-19H,13-16,20-21H2,1-5H3,(H,36,41). The highest BCUT2D eigenvalue weighted by molar-refractivity contribution is 7.90. The predicted molar refractivity (Wildman–Crippen MR) is 175 cm³/mol. The lowest BCUT2D eigenvalue weighted by Crippen LogP contribution is -2.58. The molecule has 0 radical (unpaired) electrons. The smallest absolute Gasteiger partial charge is 0.410 e. The molecule has 2 fully saturated rings. The first-order valence-electron chi connectivity index (χ1n) is 15.3. The van der Waals surface area contributed by atoms with E-state index in [1.54, 1.807) is 25.3 Å². The van der Waals surface area contributed by atoms with E-state index in [0.29, 0.717) is 42.1 Å². The molecule has 2 aliphatic rings. The number of benzene rings is 1. The van der Waals surface area contributed by atoms with Crippen molar-refractivity contribution in [2.24, 2.45) is 0 Å². The van der Waals surface area contributed by atoms with E-state index in [-0.39, 0.29) is 28.6 Å². The monoisotopic (exact) mass is 642 g/mol. The Morgan fingerprint density at radius 1 is 1.00 bits per heavy atom. The van der Waals surface area contributed by atoms with Gasteiger partial charge in [0.05, 0.1) is 39.6 Å². The number of piperazine rings is 1. The molecule has 1 aliphatic carbocycles. The summed E-state index contributed by atoms with van der Waals surface area (Å²) in [6, 6.07) is 16.2.